The van der Waals surface area contributed by atoms with Gasteiger partial charge in [0.1, 0.15) is 6.04 Å². The van der Waals surface area contributed by atoms with Crippen molar-refractivity contribution in [2.75, 3.05) is 0 Å². The first-order valence-electron chi connectivity index (χ1n) is 8.87. The van der Waals surface area contributed by atoms with Crippen molar-refractivity contribution in [2.45, 2.75) is 25.4 Å². The fraction of sp³-hybridized carbons (Fsp3) is 0.182. The van der Waals surface area contributed by atoms with Crippen LogP contribution in [0.5, 0.6) is 0 Å². The topological polar surface area (TPSA) is 58.2 Å². The standard InChI is InChI=1S/C22H22N2O2S/c1-16(18-11-6-3-7-12-18)23-21(25)19(15-17-9-4-2-5-10-17)24-22(26)20-13-8-14-27-20/h2-14,16,19H,15H2,1H3,(H,23,25)(H,24,26). The number of thiophene rings is 1. The Morgan fingerprint density at radius 2 is 1.56 bits per heavy atom. The average Bonchev–Trinajstić information content (AvgIpc) is 3.24. The fourth-order valence-corrected chi connectivity index (χ4v) is 3.46. The molecule has 0 aliphatic rings. The van der Waals surface area contributed by atoms with Crippen LogP contribution in [-0.4, -0.2) is 17.9 Å². The molecule has 0 radical (unpaired) electrons. The van der Waals surface area contributed by atoms with Crippen LogP contribution in [0.4, 0.5) is 0 Å². The molecule has 2 N–H and O–H groups in total. The molecule has 5 heteroatoms. The first-order chi connectivity index (χ1) is 13.1. The van der Waals surface area contributed by atoms with E-state index < -0.39 is 6.04 Å². The number of nitrogens with one attached hydrogen (secondary N) is 2. The smallest absolute Gasteiger partial charge is 0.262 e. The summed E-state index contributed by atoms with van der Waals surface area (Å²) in [7, 11) is 0. The number of hydrogen-bond donors (Lipinski definition) is 2. The van der Waals surface area contributed by atoms with Gasteiger partial charge in [-0.25, -0.2) is 0 Å². The van der Waals surface area contributed by atoms with Crippen LogP contribution in [-0.2, 0) is 11.2 Å². The molecule has 4 nitrogen and oxygen atoms in total. The molecule has 0 saturated carbocycles. The lowest BCUT2D eigenvalue weighted by atomic mass is 10.0. The number of benzene rings is 2. The summed E-state index contributed by atoms with van der Waals surface area (Å²) >= 11 is 1.36. The zero-order chi connectivity index (χ0) is 19.1. The van der Waals surface area contributed by atoms with Crippen molar-refractivity contribution in [1.29, 1.82) is 0 Å². The van der Waals surface area contributed by atoms with E-state index in [1.165, 1.54) is 11.3 Å². The van der Waals surface area contributed by atoms with Gasteiger partial charge in [0.25, 0.3) is 5.91 Å². The van der Waals surface area contributed by atoms with E-state index in [1.807, 2.05) is 79.0 Å². The Hall–Kier alpha value is -2.92. The molecule has 2 atom stereocenters. The molecule has 1 aromatic heterocycles. The zero-order valence-electron chi connectivity index (χ0n) is 15.1. The Labute approximate surface area is 163 Å². The van der Waals surface area contributed by atoms with E-state index in [0.29, 0.717) is 11.3 Å². The highest BCUT2D eigenvalue weighted by atomic mass is 32.1. The van der Waals surface area contributed by atoms with Crippen LogP contribution in [0.25, 0.3) is 0 Å². The van der Waals surface area contributed by atoms with Gasteiger partial charge in [0.2, 0.25) is 5.91 Å². The van der Waals surface area contributed by atoms with Crippen molar-refractivity contribution in [3.8, 4) is 0 Å². The molecule has 0 bridgehead atoms. The van der Waals surface area contributed by atoms with Crippen LogP contribution in [0.1, 0.15) is 33.8 Å². The second-order valence-electron chi connectivity index (χ2n) is 6.33. The Morgan fingerprint density at radius 3 is 2.19 bits per heavy atom. The predicted molar refractivity (Wildman–Crippen MR) is 109 cm³/mol. The van der Waals surface area contributed by atoms with Gasteiger partial charge in [-0.2, -0.15) is 0 Å². The van der Waals surface area contributed by atoms with Crippen molar-refractivity contribution in [1.82, 2.24) is 10.6 Å². The largest absolute Gasteiger partial charge is 0.348 e. The Bertz CT molecular complexity index is 864. The van der Waals surface area contributed by atoms with Gasteiger partial charge in [-0.05, 0) is 29.5 Å². The van der Waals surface area contributed by atoms with E-state index in [9.17, 15) is 9.59 Å². The summed E-state index contributed by atoms with van der Waals surface area (Å²) in [6.45, 7) is 1.94. The van der Waals surface area contributed by atoms with Gasteiger partial charge in [0, 0.05) is 6.42 Å². The van der Waals surface area contributed by atoms with Crippen LogP contribution >= 0.6 is 11.3 Å². The predicted octanol–water partition coefficient (Wildman–Crippen LogP) is 3.97. The summed E-state index contributed by atoms with van der Waals surface area (Å²) in [6.07, 6.45) is 0.436. The van der Waals surface area contributed by atoms with Crippen molar-refractivity contribution < 1.29 is 9.59 Å². The van der Waals surface area contributed by atoms with Crippen LogP contribution < -0.4 is 10.6 Å². The summed E-state index contributed by atoms with van der Waals surface area (Å²) in [5.74, 6) is -0.423. The number of rotatable bonds is 7. The van der Waals surface area contributed by atoms with Gasteiger partial charge in [-0.1, -0.05) is 66.7 Å². The van der Waals surface area contributed by atoms with Crippen molar-refractivity contribution in [2.24, 2.45) is 0 Å². The highest BCUT2D eigenvalue weighted by Crippen LogP contribution is 2.13. The van der Waals surface area contributed by atoms with E-state index in [-0.39, 0.29) is 17.9 Å². The van der Waals surface area contributed by atoms with E-state index in [1.54, 1.807) is 6.07 Å². The second kappa shape index (κ2) is 9.14. The number of carbonyl (C=O) groups excluding carboxylic acids is 2. The zero-order valence-corrected chi connectivity index (χ0v) is 15.9. The third-order valence-corrected chi connectivity index (χ3v) is 5.18. The van der Waals surface area contributed by atoms with Crippen LogP contribution in [0.3, 0.4) is 0 Å². The van der Waals surface area contributed by atoms with E-state index in [0.717, 1.165) is 11.1 Å². The van der Waals surface area contributed by atoms with Crippen LogP contribution in [0, 0.1) is 0 Å². The van der Waals surface area contributed by atoms with Crippen LogP contribution in [0.2, 0.25) is 0 Å². The molecule has 0 saturated heterocycles. The monoisotopic (exact) mass is 378 g/mol. The van der Waals surface area contributed by atoms with Gasteiger partial charge >= 0.3 is 0 Å². The summed E-state index contributed by atoms with van der Waals surface area (Å²) in [5.41, 5.74) is 2.02. The van der Waals surface area contributed by atoms with Crippen molar-refractivity contribution >= 4 is 23.2 Å². The molecule has 3 aromatic rings. The average molecular weight is 378 g/mol. The number of carbonyl (C=O) groups is 2. The molecule has 1 heterocycles. The van der Waals surface area contributed by atoms with Crippen LogP contribution in [0.15, 0.2) is 78.2 Å². The fourth-order valence-electron chi connectivity index (χ4n) is 2.84. The molecule has 2 aromatic carbocycles. The SMILES string of the molecule is CC(NC(=O)C(Cc1ccccc1)NC(=O)c1cccs1)c1ccccc1. The maximum Gasteiger partial charge on any atom is 0.262 e. The molecule has 3 rings (SSSR count). The Balaban J connectivity index is 1.73. The van der Waals surface area contributed by atoms with E-state index in [4.69, 9.17) is 0 Å². The van der Waals surface area contributed by atoms with Gasteiger partial charge in [0.15, 0.2) is 0 Å². The molecule has 2 amide bonds. The first-order valence-corrected chi connectivity index (χ1v) is 9.75. The second-order valence-corrected chi connectivity index (χ2v) is 7.28. The molecule has 2 unspecified atom stereocenters. The van der Waals surface area contributed by atoms with Gasteiger partial charge in [-0.3, -0.25) is 9.59 Å². The minimum atomic E-state index is -0.645. The number of hydrogen-bond acceptors (Lipinski definition) is 3. The summed E-state index contributed by atoms with van der Waals surface area (Å²) in [4.78, 5) is 26.0. The van der Waals surface area contributed by atoms with Gasteiger partial charge < -0.3 is 10.6 Å². The lowest BCUT2D eigenvalue weighted by molar-refractivity contribution is -0.123. The van der Waals surface area contributed by atoms with Crippen molar-refractivity contribution in [3.05, 3.63) is 94.2 Å². The van der Waals surface area contributed by atoms with Gasteiger partial charge in [0.05, 0.1) is 10.9 Å². The molecular formula is C22H22N2O2S. The Morgan fingerprint density at radius 1 is 0.889 bits per heavy atom. The quantitative estimate of drug-likeness (QED) is 0.654. The summed E-state index contributed by atoms with van der Waals surface area (Å²) < 4.78 is 0. The minimum absolute atomic E-state index is 0.143. The van der Waals surface area contributed by atoms with Gasteiger partial charge in [-0.15, -0.1) is 11.3 Å². The lowest BCUT2D eigenvalue weighted by Gasteiger charge is -2.21. The molecular weight excluding hydrogens is 356 g/mol. The molecule has 0 fully saturated rings. The molecule has 0 aliphatic heterocycles. The minimum Gasteiger partial charge on any atom is -0.348 e. The third kappa shape index (κ3) is 5.28. The third-order valence-electron chi connectivity index (χ3n) is 4.31. The highest BCUT2D eigenvalue weighted by molar-refractivity contribution is 7.12. The maximum atomic E-state index is 12.9. The van der Waals surface area contributed by atoms with Crippen molar-refractivity contribution in [3.63, 3.8) is 0 Å². The van der Waals surface area contributed by atoms with E-state index >= 15 is 0 Å². The molecule has 138 valence electrons. The highest BCUT2D eigenvalue weighted by Gasteiger charge is 2.23. The first kappa shape index (κ1) is 18.9. The molecule has 0 spiro atoms. The Kier molecular flexibility index (Phi) is 6.39. The molecule has 0 aliphatic carbocycles. The normalized spacial score (nSPS) is 12.8. The maximum absolute atomic E-state index is 12.9. The summed E-state index contributed by atoms with van der Waals surface area (Å²) in [5, 5.41) is 7.75. The lowest BCUT2D eigenvalue weighted by Crippen LogP contribution is -2.48. The van der Waals surface area contributed by atoms with E-state index in [2.05, 4.69) is 10.6 Å². The number of amides is 2. The molecule has 27 heavy (non-hydrogen) atoms. The summed E-state index contributed by atoms with van der Waals surface area (Å²) in [6, 6.07) is 22.3.